The number of halogens is 2. The Balaban J connectivity index is 3.06. The van der Waals surface area contributed by atoms with E-state index in [-0.39, 0.29) is 0 Å². The van der Waals surface area contributed by atoms with Crippen molar-refractivity contribution in [3.05, 3.63) is 20.8 Å². The zero-order valence-corrected chi connectivity index (χ0v) is 10.3. The molecule has 0 fully saturated rings. The highest BCUT2D eigenvalue weighted by Crippen LogP contribution is 2.33. The van der Waals surface area contributed by atoms with Crippen molar-refractivity contribution in [1.82, 2.24) is 0 Å². The first-order valence-corrected chi connectivity index (χ1v) is 5.12. The number of rotatable bonds is 2. The number of ether oxygens (including phenoxy) is 2. The molecule has 3 nitrogen and oxygen atoms in total. The molecule has 0 aliphatic heterocycles. The monoisotopic (exact) mass is 315 g/mol. The molecule has 0 amide bonds. The van der Waals surface area contributed by atoms with Crippen molar-refractivity contribution >= 4 is 34.2 Å². The summed E-state index contributed by atoms with van der Waals surface area (Å²) >= 11 is 8.07. The van der Waals surface area contributed by atoms with E-state index in [9.17, 15) is 0 Å². The maximum absolute atomic E-state index is 5.93. The Morgan fingerprint density at radius 3 is 2.54 bits per heavy atom. The predicted molar refractivity (Wildman–Crippen MR) is 60.8 cm³/mol. The Hall–Kier alpha value is 0.380. The van der Waals surface area contributed by atoms with Gasteiger partial charge in [0.2, 0.25) is 5.79 Å². The molecule has 1 rings (SSSR count). The Bertz CT molecular complexity index is 261. The molecular weight excluding hydrogens is 304 g/mol. The van der Waals surface area contributed by atoms with Crippen LogP contribution in [0.2, 0.25) is 0 Å². The zero-order chi connectivity index (χ0) is 10.1. The van der Waals surface area contributed by atoms with Gasteiger partial charge in [-0.1, -0.05) is 11.6 Å². The van der Waals surface area contributed by atoms with Gasteiger partial charge in [-0.15, -0.1) is 0 Å². The first-order chi connectivity index (χ1) is 6.05. The average molecular weight is 316 g/mol. The molecule has 74 valence electrons. The SMILES string of the molecule is COC1(OC)C=C(I)C=C(Cl)C1N. The molecule has 2 N–H and O–H groups in total. The quantitative estimate of drug-likeness (QED) is 0.624. The number of methoxy groups -OCH3 is 2. The van der Waals surface area contributed by atoms with Crippen LogP contribution in [0.3, 0.4) is 0 Å². The smallest absolute Gasteiger partial charge is 0.209 e. The van der Waals surface area contributed by atoms with Gasteiger partial charge < -0.3 is 15.2 Å². The number of nitrogens with two attached hydrogens (primary N) is 1. The van der Waals surface area contributed by atoms with E-state index < -0.39 is 11.8 Å². The predicted octanol–water partition coefficient (Wildman–Crippen LogP) is 1.76. The van der Waals surface area contributed by atoms with Crippen molar-refractivity contribution < 1.29 is 9.47 Å². The van der Waals surface area contributed by atoms with Gasteiger partial charge >= 0.3 is 0 Å². The molecular formula is C8H11ClINO2. The third-order valence-electron chi connectivity index (χ3n) is 1.98. The number of hydrogen-bond donors (Lipinski definition) is 1. The van der Waals surface area contributed by atoms with Crippen LogP contribution in [0.4, 0.5) is 0 Å². The molecule has 1 aliphatic rings. The maximum Gasteiger partial charge on any atom is 0.209 e. The lowest BCUT2D eigenvalue weighted by atomic mass is 10.0. The van der Waals surface area contributed by atoms with Crippen molar-refractivity contribution in [2.45, 2.75) is 11.8 Å². The number of hydrogen-bond acceptors (Lipinski definition) is 3. The Morgan fingerprint density at radius 2 is 2.08 bits per heavy atom. The minimum Gasteiger partial charge on any atom is -0.348 e. The lowest BCUT2D eigenvalue weighted by Crippen LogP contribution is -2.51. The van der Waals surface area contributed by atoms with Crippen LogP contribution >= 0.6 is 34.2 Å². The molecule has 1 unspecified atom stereocenters. The highest BCUT2D eigenvalue weighted by Gasteiger charge is 2.39. The first-order valence-electron chi connectivity index (χ1n) is 3.67. The summed E-state index contributed by atoms with van der Waals surface area (Å²) < 4.78 is 11.4. The summed E-state index contributed by atoms with van der Waals surface area (Å²) in [6, 6.07) is -0.470. The third-order valence-corrected chi connectivity index (χ3v) is 2.95. The standard InChI is InChI=1S/C8H11ClINO2/c1-12-8(13-2)4-5(10)3-6(9)7(8)11/h3-4,7H,11H2,1-2H3. The Labute approximate surface area is 96.0 Å². The summed E-state index contributed by atoms with van der Waals surface area (Å²) in [4.78, 5) is 0. The third kappa shape index (κ3) is 2.07. The van der Waals surface area contributed by atoms with Gasteiger partial charge in [-0.25, -0.2) is 0 Å². The highest BCUT2D eigenvalue weighted by atomic mass is 127. The van der Waals surface area contributed by atoms with E-state index in [1.807, 2.05) is 6.08 Å². The van der Waals surface area contributed by atoms with Crippen LogP contribution in [0.1, 0.15) is 0 Å². The van der Waals surface area contributed by atoms with Gasteiger partial charge in [0.15, 0.2) is 0 Å². The van der Waals surface area contributed by atoms with Gasteiger partial charge in [-0.2, -0.15) is 0 Å². The molecule has 13 heavy (non-hydrogen) atoms. The van der Waals surface area contributed by atoms with Gasteiger partial charge in [0.05, 0.1) is 6.04 Å². The zero-order valence-electron chi connectivity index (χ0n) is 7.38. The van der Waals surface area contributed by atoms with E-state index in [1.54, 1.807) is 20.3 Å². The molecule has 0 saturated heterocycles. The average Bonchev–Trinajstić information content (AvgIpc) is 2.11. The van der Waals surface area contributed by atoms with Crippen LogP contribution in [0, 0.1) is 0 Å². The fourth-order valence-corrected chi connectivity index (χ4v) is 2.42. The van der Waals surface area contributed by atoms with Crippen LogP contribution in [-0.4, -0.2) is 26.0 Å². The summed E-state index contributed by atoms with van der Waals surface area (Å²) in [5.74, 6) is -0.928. The largest absolute Gasteiger partial charge is 0.348 e. The second kappa shape index (κ2) is 4.27. The van der Waals surface area contributed by atoms with Crippen molar-refractivity contribution in [3.63, 3.8) is 0 Å². The van der Waals surface area contributed by atoms with Crippen molar-refractivity contribution in [2.24, 2.45) is 5.73 Å². The van der Waals surface area contributed by atoms with Gasteiger partial charge in [-0.05, 0) is 34.7 Å². The van der Waals surface area contributed by atoms with Crippen molar-refractivity contribution in [2.75, 3.05) is 14.2 Å². The Morgan fingerprint density at radius 1 is 1.54 bits per heavy atom. The maximum atomic E-state index is 5.93. The van der Waals surface area contributed by atoms with Crippen molar-refractivity contribution in [3.8, 4) is 0 Å². The van der Waals surface area contributed by atoms with E-state index in [2.05, 4.69) is 22.6 Å². The summed E-state index contributed by atoms with van der Waals surface area (Å²) in [5, 5.41) is 0.538. The molecule has 0 spiro atoms. The lowest BCUT2D eigenvalue weighted by molar-refractivity contribution is -0.177. The van der Waals surface area contributed by atoms with Gasteiger partial charge in [0.1, 0.15) is 0 Å². The summed E-state index contributed by atoms with van der Waals surface area (Å²) in [5.41, 5.74) is 5.84. The summed E-state index contributed by atoms with van der Waals surface area (Å²) in [7, 11) is 3.08. The van der Waals surface area contributed by atoms with Crippen LogP contribution in [0.15, 0.2) is 20.8 Å². The van der Waals surface area contributed by atoms with Gasteiger partial charge in [-0.3, -0.25) is 0 Å². The molecule has 1 atom stereocenters. The van der Waals surface area contributed by atoms with E-state index in [0.29, 0.717) is 5.03 Å². The normalized spacial score (nSPS) is 26.7. The van der Waals surface area contributed by atoms with Crippen LogP contribution in [0.5, 0.6) is 0 Å². The van der Waals surface area contributed by atoms with E-state index in [0.717, 1.165) is 3.58 Å². The fraction of sp³-hybridized carbons (Fsp3) is 0.500. The van der Waals surface area contributed by atoms with E-state index in [4.69, 9.17) is 26.8 Å². The molecule has 0 radical (unpaired) electrons. The van der Waals surface area contributed by atoms with Gasteiger partial charge in [0, 0.05) is 22.8 Å². The molecule has 0 aromatic carbocycles. The Kier molecular flexibility index (Phi) is 3.76. The molecule has 1 aliphatic carbocycles. The summed E-state index contributed by atoms with van der Waals surface area (Å²) in [6.45, 7) is 0. The van der Waals surface area contributed by atoms with Crippen molar-refractivity contribution in [1.29, 1.82) is 0 Å². The van der Waals surface area contributed by atoms with Crippen LogP contribution < -0.4 is 5.73 Å². The minimum atomic E-state index is -0.928. The molecule has 0 aromatic heterocycles. The molecule has 0 saturated carbocycles. The van der Waals surface area contributed by atoms with Crippen LogP contribution in [0.25, 0.3) is 0 Å². The van der Waals surface area contributed by atoms with Gasteiger partial charge in [0.25, 0.3) is 0 Å². The molecule has 5 heteroatoms. The van der Waals surface area contributed by atoms with E-state index >= 15 is 0 Å². The first kappa shape index (κ1) is 11.5. The molecule has 0 aromatic rings. The fourth-order valence-electron chi connectivity index (χ4n) is 1.19. The topological polar surface area (TPSA) is 44.5 Å². The lowest BCUT2D eigenvalue weighted by Gasteiger charge is -2.35. The van der Waals surface area contributed by atoms with E-state index in [1.165, 1.54) is 0 Å². The van der Waals surface area contributed by atoms with Crippen LogP contribution in [-0.2, 0) is 9.47 Å². The summed E-state index contributed by atoms with van der Waals surface area (Å²) in [6.07, 6.45) is 3.60. The second-order valence-corrected chi connectivity index (χ2v) is 4.35. The molecule has 0 heterocycles. The molecule has 0 bridgehead atoms. The second-order valence-electron chi connectivity index (χ2n) is 2.67. The highest BCUT2D eigenvalue weighted by molar-refractivity contribution is 14.1. The number of allylic oxidation sites excluding steroid dienone is 2. The minimum absolute atomic E-state index is 0.470.